The lowest BCUT2D eigenvalue weighted by Gasteiger charge is -2.28. The normalized spacial score (nSPS) is 15.4. The Morgan fingerprint density at radius 2 is 2.19 bits per heavy atom. The van der Waals surface area contributed by atoms with E-state index in [0.29, 0.717) is 6.61 Å². The quantitative estimate of drug-likeness (QED) is 0.797. The van der Waals surface area contributed by atoms with E-state index < -0.39 is 0 Å². The van der Waals surface area contributed by atoms with Crippen LogP contribution in [0.5, 0.6) is 0 Å². The Kier molecular flexibility index (Phi) is 4.06. The number of rotatable bonds is 4. The van der Waals surface area contributed by atoms with Crippen LogP contribution in [0.2, 0.25) is 0 Å². The Hall–Kier alpha value is -2.08. The highest BCUT2D eigenvalue weighted by Crippen LogP contribution is 2.22. The average molecular weight is 289 g/mol. The number of fused-ring (bicyclic) bond motifs is 1. The van der Waals surface area contributed by atoms with Crippen LogP contribution in [0.3, 0.4) is 0 Å². The molecule has 0 bridgehead atoms. The highest BCUT2D eigenvalue weighted by molar-refractivity contribution is 5.81. The summed E-state index contributed by atoms with van der Waals surface area (Å²) in [5.74, 6) is -0.242. The van der Waals surface area contributed by atoms with Crippen LogP contribution in [0.15, 0.2) is 24.5 Å². The van der Waals surface area contributed by atoms with Crippen molar-refractivity contribution in [3.63, 3.8) is 0 Å². The predicted octanol–water partition coefficient (Wildman–Crippen LogP) is 1.44. The Labute approximate surface area is 123 Å². The summed E-state index contributed by atoms with van der Waals surface area (Å²) in [4.78, 5) is 18.2. The molecule has 0 aliphatic carbocycles. The molecule has 1 aromatic heterocycles. The van der Waals surface area contributed by atoms with Crippen LogP contribution in [0.4, 0.5) is 5.69 Å². The van der Waals surface area contributed by atoms with E-state index in [2.05, 4.69) is 22.0 Å². The zero-order valence-corrected chi connectivity index (χ0v) is 12.1. The molecular weight excluding hydrogens is 270 g/mol. The molecule has 1 aromatic carbocycles. The van der Waals surface area contributed by atoms with E-state index in [9.17, 15) is 4.79 Å². The van der Waals surface area contributed by atoms with Crippen molar-refractivity contribution in [2.45, 2.75) is 13.5 Å². The average Bonchev–Trinajstić information content (AvgIpc) is 2.91. The topological polar surface area (TPSA) is 56.6 Å². The van der Waals surface area contributed by atoms with Crippen LogP contribution in [0, 0.1) is 0 Å². The Morgan fingerprint density at radius 3 is 2.95 bits per heavy atom. The third kappa shape index (κ3) is 3.00. The minimum atomic E-state index is -0.242. The van der Waals surface area contributed by atoms with Gasteiger partial charge in [-0.15, -0.1) is 0 Å². The minimum Gasteiger partial charge on any atom is -0.465 e. The molecule has 0 spiro atoms. The molecule has 2 aromatic rings. The van der Waals surface area contributed by atoms with E-state index in [1.807, 2.05) is 10.6 Å². The first-order valence-corrected chi connectivity index (χ1v) is 7.21. The number of anilines is 1. The molecule has 0 atom stereocenters. The van der Waals surface area contributed by atoms with Gasteiger partial charge in [0.25, 0.3) is 0 Å². The lowest BCUT2D eigenvalue weighted by Crippen LogP contribution is -2.36. The summed E-state index contributed by atoms with van der Waals surface area (Å²) in [7, 11) is 0. The molecule has 0 amide bonds. The van der Waals surface area contributed by atoms with Gasteiger partial charge in [-0.3, -0.25) is 4.79 Å². The van der Waals surface area contributed by atoms with Gasteiger partial charge >= 0.3 is 5.97 Å². The highest BCUT2D eigenvalue weighted by Gasteiger charge is 2.13. The number of imidazole rings is 1. The first-order chi connectivity index (χ1) is 10.3. The predicted molar refractivity (Wildman–Crippen MR) is 79.4 cm³/mol. The van der Waals surface area contributed by atoms with Gasteiger partial charge in [0.2, 0.25) is 0 Å². The first-order valence-electron chi connectivity index (χ1n) is 7.21. The van der Waals surface area contributed by atoms with Crippen molar-refractivity contribution in [3.8, 4) is 0 Å². The summed E-state index contributed by atoms with van der Waals surface area (Å²) in [6.45, 7) is 5.71. The molecule has 1 saturated heterocycles. The van der Waals surface area contributed by atoms with Crippen LogP contribution < -0.4 is 4.90 Å². The molecule has 0 radical (unpaired) electrons. The van der Waals surface area contributed by atoms with Crippen LogP contribution >= 0.6 is 0 Å². The molecular formula is C15H19N3O3. The Balaban J connectivity index is 1.81. The summed E-state index contributed by atoms with van der Waals surface area (Å²) < 4.78 is 12.2. The van der Waals surface area contributed by atoms with Crippen molar-refractivity contribution in [3.05, 3.63) is 24.5 Å². The molecule has 6 nitrogen and oxygen atoms in total. The molecule has 2 heterocycles. The van der Waals surface area contributed by atoms with Crippen molar-refractivity contribution < 1.29 is 14.3 Å². The van der Waals surface area contributed by atoms with Gasteiger partial charge in [-0.1, -0.05) is 0 Å². The molecule has 3 rings (SSSR count). The smallest absolute Gasteiger partial charge is 0.325 e. The van der Waals surface area contributed by atoms with E-state index in [-0.39, 0.29) is 12.5 Å². The zero-order chi connectivity index (χ0) is 14.7. The highest BCUT2D eigenvalue weighted by atomic mass is 16.5. The molecule has 21 heavy (non-hydrogen) atoms. The molecule has 1 aliphatic heterocycles. The Morgan fingerprint density at radius 1 is 1.38 bits per heavy atom. The fourth-order valence-corrected chi connectivity index (χ4v) is 2.54. The number of morpholine rings is 1. The number of aromatic nitrogens is 2. The second kappa shape index (κ2) is 6.13. The number of carbonyl (C=O) groups is 1. The Bertz CT molecular complexity index is 632. The van der Waals surface area contributed by atoms with Gasteiger partial charge in [-0.05, 0) is 25.1 Å². The molecule has 0 N–H and O–H groups in total. The number of hydrogen-bond donors (Lipinski definition) is 0. The van der Waals surface area contributed by atoms with Crippen molar-refractivity contribution in [2.75, 3.05) is 37.8 Å². The monoisotopic (exact) mass is 289 g/mol. The van der Waals surface area contributed by atoms with Crippen LogP contribution in [-0.2, 0) is 20.8 Å². The largest absolute Gasteiger partial charge is 0.465 e. The van der Waals surface area contributed by atoms with E-state index >= 15 is 0 Å². The summed E-state index contributed by atoms with van der Waals surface area (Å²) in [5, 5.41) is 0. The first kappa shape index (κ1) is 13.9. The van der Waals surface area contributed by atoms with E-state index in [4.69, 9.17) is 9.47 Å². The summed E-state index contributed by atoms with van der Waals surface area (Å²) in [6, 6.07) is 6.13. The molecule has 1 fully saturated rings. The third-order valence-electron chi connectivity index (χ3n) is 3.59. The van der Waals surface area contributed by atoms with E-state index in [1.54, 1.807) is 13.3 Å². The van der Waals surface area contributed by atoms with Crippen molar-refractivity contribution in [2.24, 2.45) is 0 Å². The van der Waals surface area contributed by atoms with Crippen LogP contribution in [-0.4, -0.2) is 48.4 Å². The number of benzene rings is 1. The third-order valence-corrected chi connectivity index (χ3v) is 3.59. The number of ether oxygens (including phenoxy) is 2. The molecule has 1 aliphatic rings. The standard InChI is InChI=1S/C15H19N3O3/c1-2-21-15(19)10-18-11-16-13-9-12(3-4-14(13)18)17-5-7-20-8-6-17/h3-4,9,11H,2,5-8,10H2,1H3. The zero-order valence-electron chi connectivity index (χ0n) is 12.1. The maximum atomic E-state index is 11.6. The van der Waals surface area contributed by atoms with Crippen LogP contribution in [0.25, 0.3) is 11.0 Å². The van der Waals surface area contributed by atoms with Gasteiger partial charge in [0.1, 0.15) is 6.54 Å². The lowest BCUT2D eigenvalue weighted by molar-refractivity contribution is -0.143. The fraction of sp³-hybridized carbons (Fsp3) is 0.467. The van der Waals surface area contributed by atoms with Gasteiger partial charge in [0, 0.05) is 18.8 Å². The van der Waals surface area contributed by atoms with Gasteiger partial charge in [0.15, 0.2) is 0 Å². The van der Waals surface area contributed by atoms with E-state index in [0.717, 1.165) is 43.0 Å². The summed E-state index contributed by atoms with van der Waals surface area (Å²) in [6.07, 6.45) is 1.69. The number of esters is 1. The van der Waals surface area contributed by atoms with Crippen molar-refractivity contribution >= 4 is 22.7 Å². The number of hydrogen-bond acceptors (Lipinski definition) is 5. The number of carbonyl (C=O) groups excluding carboxylic acids is 1. The molecule has 0 saturated carbocycles. The SMILES string of the molecule is CCOC(=O)Cn1cnc2cc(N3CCOCC3)ccc21. The van der Waals surface area contributed by atoms with Crippen molar-refractivity contribution in [1.29, 1.82) is 0 Å². The van der Waals surface area contributed by atoms with Gasteiger partial charge in [-0.25, -0.2) is 4.98 Å². The fourth-order valence-electron chi connectivity index (χ4n) is 2.54. The molecule has 112 valence electrons. The summed E-state index contributed by atoms with van der Waals surface area (Å²) in [5.41, 5.74) is 2.98. The lowest BCUT2D eigenvalue weighted by atomic mass is 10.2. The second-order valence-electron chi connectivity index (χ2n) is 4.95. The maximum Gasteiger partial charge on any atom is 0.325 e. The van der Waals surface area contributed by atoms with Gasteiger partial charge in [-0.2, -0.15) is 0 Å². The van der Waals surface area contributed by atoms with Gasteiger partial charge in [0.05, 0.1) is 37.2 Å². The van der Waals surface area contributed by atoms with E-state index in [1.165, 1.54) is 0 Å². The van der Waals surface area contributed by atoms with Crippen molar-refractivity contribution in [1.82, 2.24) is 9.55 Å². The summed E-state index contributed by atoms with van der Waals surface area (Å²) >= 11 is 0. The van der Waals surface area contributed by atoms with Gasteiger partial charge < -0.3 is 18.9 Å². The molecule has 6 heteroatoms. The molecule has 0 unspecified atom stereocenters. The maximum absolute atomic E-state index is 11.6. The minimum absolute atomic E-state index is 0.196. The second-order valence-corrected chi connectivity index (χ2v) is 4.95. The number of nitrogens with zero attached hydrogens (tertiary/aromatic N) is 3. The van der Waals surface area contributed by atoms with Crippen LogP contribution in [0.1, 0.15) is 6.92 Å².